The van der Waals surface area contributed by atoms with Crippen molar-refractivity contribution in [3.8, 4) is 12.3 Å². The molecule has 0 unspecified atom stereocenters. The van der Waals surface area contributed by atoms with E-state index in [1.807, 2.05) is 0 Å². The molecule has 8 nitrogen and oxygen atoms in total. The van der Waals surface area contributed by atoms with Gasteiger partial charge in [0.05, 0.1) is 46.2 Å². The molecule has 0 aliphatic carbocycles. The second kappa shape index (κ2) is 18.3. The van der Waals surface area contributed by atoms with E-state index >= 15 is 0 Å². The first-order chi connectivity index (χ1) is 14.6. The fourth-order valence-corrected chi connectivity index (χ4v) is 3.27. The zero-order valence-corrected chi connectivity index (χ0v) is 18.9. The molecule has 2 atom stereocenters. The van der Waals surface area contributed by atoms with Crippen LogP contribution in [0.25, 0.3) is 0 Å². The Balaban J connectivity index is 1.77. The number of hydrogen-bond donors (Lipinski definition) is 3. The summed E-state index contributed by atoms with van der Waals surface area (Å²) in [4.78, 5) is 11.8. The number of carbonyl (C=O) groups excluding carboxylic acids is 1. The van der Waals surface area contributed by atoms with Crippen molar-refractivity contribution in [3.63, 3.8) is 0 Å². The van der Waals surface area contributed by atoms with Crippen LogP contribution in [0, 0.1) is 12.3 Å². The average molecular weight is 444 g/mol. The van der Waals surface area contributed by atoms with Gasteiger partial charge in [-0.05, 0) is 32.0 Å². The number of carbonyl (C=O) groups is 1. The maximum atomic E-state index is 11.8. The Morgan fingerprint density at radius 3 is 2.23 bits per heavy atom. The number of rotatable bonds is 19. The van der Waals surface area contributed by atoms with Gasteiger partial charge in [-0.1, -0.05) is 18.8 Å². The number of ether oxygens (including phenoxy) is 4. The molecular weight excluding hydrogens is 406 g/mol. The third-order valence-corrected chi connectivity index (χ3v) is 4.80. The van der Waals surface area contributed by atoms with Gasteiger partial charge in [0, 0.05) is 25.0 Å². The minimum atomic E-state index is 0.0772. The molecule has 0 aromatic carbocycles. The van der Waals surface area contributed by atoms with Gasteiger partial charge < -0.3 is 34.9 Å². The average Bonchev–Trinajstić information content (AvgIpc) is 3.05. The van der Waals surface area contributed by atoms with Crippen LogP contribution < -0.4 is 16.0 Å². The van der Waals surface area contributed by atoms with Crippen molar-refractivity contribution < 1.29 is 23.7 Å². The topological polar surface area (TPSA) is 90.1 Å². The summed E-state index contributed by atoms with van der Waals surface area (Å²) in [5.41, 5.74) is 0. The van der Waals surface area contributed by atoms with Gasteiger partial charge in [0.15, 0.2) is 5.11 Å². The Bertz CT molecular complexity index is 515. The Hall–Kier alpha value is -1.44. The lowest BCUT2D eigenvalue weighted by atomic mass is 10.0. The van der Waals surface area contributed by atoms with E-state index in [0.29, 0.717) is 77.9 Å². The molecule has 1 heterocycles. The molecule has 0 aromatic heterocycles. The summed E-state index contributed by atoms with van der Waals surface area (Å²) < 4.78 is 21.2. The van der Waals surface area contributed by atoms with E-state index in [9.17, 15) is 4.79 Å². The maximum Gasteiger partial charge on any atom is 0.220 e. The lowest BCUT2D eigenvalue weighted by Gasteiger charge is -2.14. The summed E-state index contributed by atoms with van der Waals surface area (Å²) in [6, 6.07) is 0.781. The maximum absolute atomic E-state index is 11.8. The first-order valence-electron chi connectivity index (χ1n) is 10.7. The molecule has 172 valence electrons. The van der Waals surface area contributed by atoms with Crippen LogP contribution in [0.4, 0.5) is 0 Å². The lowest BCUT2D eigenvalue weighted by Crippen LogP contribution is -2.30. The smallest absolute Gasteiger partial charge is 0.220 e. The quantitative estimate of drug-likeness (QED) is 0.155. The minimum Gasteiger partial charge on any atom is -0.377 e. The van der Waals surface area contributed by atoms with Gasteiger partial charge in [-0.15, -0.1) is 6.42 Å². The van der Waals surface area contributed by atoms with Gasteiger partial charge in [0.1, 0.15) is 6.61 Å². The lowest BCUT2D eigenvalue weighted by molar-refractivity contribution is -0.121. The predicted octanol–water partition coefficient (Wildman–Crippen LogP) is 0.988. The number of nitrogens with one attached hydrogen (secondary N) is 3. The van der Waals surface area contributed by atoms with E-state index in [0.717, 1.165) is 30.8 Å². The van der Waals surface area contributed by atoms with Crippen LogP contribution in [0.1, 0.15) is 39.0 Å². The van der Waals surface area contributed by atoms with Crippen LogP contribution in [-0.4, -0.2) is 82.5 Å². The highest BCUT2D eigenvalue weighted by molar-refractivity contribution is 7.80. The number of unbranched alkanes of at least 4 members (excludes halogenated alkanes) is 2. The van der Waals surface area contributed by atoms with E-state index < -0.39 is 0 Å². The second-order valence-electron chi connectivity index (χ2n) is 7.06. The number of terminal acetylenes is 1. The van der Waals surface area contributed by atoms with Gasteiger partial charge in [-0.2, -0.15) is 0 Å². The van der Waals surface area contributed by atoms with Gasteiger partial charge in [-0.3, -0.25) is 4.79 Å². The van der Waals surface area contributed by atoms with Crippen molar-refractivity contribution in [1.29, 1.82) is 0 Å². The molecule has 1 aliphatic rings. The Morgan fingerprint density at radius 2 is 1.63 bits per heavy atom. The molecule has 1 aliphatic heterocycles. The van der Waals surface area contributed by atoms with Crippen LogP contribution >= 0.6 is 12.2 Å². The molecule has 0 spiro atoms. The summed E-state index contributed by atoms with van der Waals surface area (Å²) in [5, 5.41) is 10.1. The Labute approximate surface area is 186 Å². The highest BCUT2D eigenvalue weighted by atomic mass is 32.1. The fraction of sp³-hybridized carbons (Fsp3) is 0.810. The standard InChI is InChI=1S/C21H37N3O5S/c1-3-10-26-12-14-28-16-17-29-15-13-27-11-9-22-20(25)8-6-4-5-7-19-18(2)23-21(30)24-19/h1,18-19H,4-17H2,2H3,(H,22,25)(H2,23,24,30)/t18-,19+/m0/s1. The van der Waals surface area contributed by atoms with E-state index in [4.69, 9.17) is 37.6 Å². The number of amides is 1. The molecule has 1 saturated heterocycles. The molecule has 1 amide bonds. The summed E-state index contributed by atoms with van der Waals surface area (Å²) in [6.07, 6.45) is 9.72. The molecule has 1 fully saturated rings. The molecular formula is C21H37N3O5S. The zero-order valence-electron chi connectivity index (χ0n) is 18.1. The van der Waals surface area contributed by atoms with Gasteiger partial charge in [0.2, 0.25) is 5.91 Å². The highest BCUT2D eigenvalue weighted by Crippen LogP contribution is 2.11. The van der Waals surface area contributed by atoms with Crippen molar-refractivity contribution in [3.05, 3.63) is 0 Å². The monoisotopic (exact) mass is 443 g/mol. The molecule has 9 heteroatoms. The summed E-state index contributed by atoms with van der Waals surface area (Å²) in [5.74, 6) is 2.47. The van der Waals surface area contributed by atoms with Crippen LogP contribution in [0.2, 0.25) is 0 Å². The Kier molecular flexibility index (Phi) is 16.3. The summed E-state index contributed by atoms with van der Waals surface area (Å²) >= 11 is 5.11. The first kappa shape index (κ1) is 26.6. The van der Waals surface area contributed by atoms with Crippen molar-refractivity contribution in [2.24, 2.45) is 0 Å². The molecule has 1 rings (SSSR count). The van der Waals surface area contributed by atoms with Gasteiger partial charge in [-0.25, -0.2) is 0 Å². The third-order valence-electron chi connectivity index (χ3n) is 4.57. The fourth-order valence-electron chi connectivity index (χ4n) is 2.93. The molecule has 0 radical (unpaired) electrons. The van der Waals surface area contributed by atoms with E-state index in [1.54, 1.807) is 0 Å². The van der Waals surface area contributed by atoms with Crippen LogP contribution in [0.3, 0.4) is 0 Å². The van der Waals surface area contributed by atoms with Crippen molar-refractivity contribution >= 4 is 23.2 Å². The predicted molar refractivity (Wildman–Crippen MR) is 120 cm³/mol. The van der Waals surface area contributed by atoms with Gasteiger partial charge >= 0.3 is 0 Å². The highest BCUT2D eigenvalue weighted by Gasteiger charge is 2.24. The van der Waals surface area contributed by atoms with Crippen molar-refractivity contribution in [1.82, 2.24) is 16.0 Å². The molecule has 3 N–H and O–H groups in total. The number of hydrogen-bond acceptors (Lipinski definition) is 6. The van der Waals surface area contributed by atoms with Crippen molar-refractivity contribution in [2.75, 3.05) is 59.4 Å². The third kappa shape index (κ3) is 14.5. The van der Waals surface area contributed by atoms with Gasteiger partial charge in [0.25, 0.3) is 0 Å². The molecule has 30 heavy (non-hydrogen) atoms. The van der Waals surface area contributed by atoms with E-state index in [-0.39, 0.29) is 5.91 Å². The van der Waals surface area contributed by atoms with Crippen LogP contribution in [0.5, 0.6) is 0 Å². The van der Waals surface area contributed by atoms with Crippen LogP contribution in [0.15, 0.2) is 0 Å². The Morgan fingerprint density at radius 1 is 1.00 bits per heavy atom. The number of thiocarbonyl (C=S) groups is 1. The minimum absolute atomic E-state index is 0.0772. The second-order valence-corrected chi connectivity index (χ2v) is 7.46. The van der Waals surface area contributed by atoms with E-state index in [1.165, 1.54) is 0 Å². The molecule has 0 bridgehead atoms. The summed E-state index contributed by atoms with van der Waals surface area (Å²) in [6.45, 7) is 6.45. The van der Waals surface area contributed by atoms with Crippen molar-refractivity contribution in [2.45, 2.75) is 51.1 Å². The largest absolute Gasteiger partial charge is 0.377 e. The normalized spacial score (nSPS) is 17.9. The zero-order chi connectivity index (χ0) is 21.9. The molecule has 0 aromatic rings. The van der Waals surface area contributed by atoms with E-state index in [2.05, 4.69) is 28.8 Å². The SMILES string of the molecule is C#CCOCCOCCOCCOCCNC(=O)CCCCC[C@H]1NC(=S)N[C@H]1C. The molecule has 0 saturated carbocycles. The van der Waals surface area contributed by atoms with Crippen LogP contribution in [-0.2, 0) is 23.7 Å². The summed E-state index contributed by atoms with van der Waals surface area (Å²) in [7, 11) is 0. The first-order valence-corrected chi connectivity index (χ1v) is 11.1.